The molecule has 62 valence electrons. The molecule has 1 saturated carbocycles. The maximum atomic E-state index is 4.00. The van der Waals surface area contributed by atoms with E-state index in [0.29, 0.717) is 0 Å². The molecule has 1 aliphatic rings. The molecule has 12 heavy (non-hydrogen) atoms. The normalized spacial score (nSPS) is 17.1. The zero-order valence-electron chi connectivity index (χ0n) is 7.33. The molecular weight excluding hydrogens is 146 g/mol. The van der Waals surface area contributed by atoms with Crippen LogP contribution in [0.4, 0.5) is 0 Å². The fourth-order valence-electron chi connectivity index (χ4n) is 1.46. The average molecular weight is 159 g/mol. The molecule has 0 heterocycles. The van der Waals surface area contributed by atoms with Crippen molar-refractivity contribution in [3.63, 3.8) is 0 Å². The minimum Gasteiger partial charge on any atom is -0.296 e. The summed E-state index contributed by atoms with van der Waals surface area (Å²) in [5.74, 6) is 0.843. The van der Waals surface area contributed by atoms with Gasteiger partial charge in [-0.2, -0.15) is 0 Å². The second-order valence-corrected chi connectivity index (χ2v) is 3.33. The molecule has 2 rings (SSSR count). The predicted molar refractivity (Wildman–Crippen MR) is 51.9 cm³/mol. The molecule has 1 nitrogen and oxygen atoms in total. The van der Waals surface area contributed by atoms with E-state index in [1.54, 1.807) is 0 Å². The van der Waals surface area contributed by atoms with Gasteiger partial charge in [0.05, 0.1) is 0 Å². The SMILES string of the molecule is CN=Cc1cccc(C2CC2)c1. The predicted octanol–water partition coefficient (Wildman–Crippen LogP) is 2.61. The highest BCUT2D eigenvalue weighted by Crippen LogP contribution is 2.39. The minimum atomic E-state index is 0.843. The maximum Gasteiger partial charge on any atom is 0.0281 e. The second kappa shape index (κ2) is 3.10. The van der Waals surface area contributed by atoms with Gasteiger partial charge >= 0.3 is 0 Å². The Balaban J connectivity index is 2.26. The van der Waals surface area contributed by atoms with E-state index in [1.165, 1.54) is 24.0 Å². The summed E-state index contributed by atoms with van der Waals surface area (Å²) in [6.45, 7) is 0. The van der Waals surface area contributed by atoms with Gasteiger partial charge in [0.15, 0.2) is 0 Å². The minimum absolute atomic E-state index is 0.843. The van der Waals surface area contributed by atoms with Gasteiger partial charge in [0.2, 0.25) is 0 Å². The molecule has 1 fully saturated rings. The van der Waals surface area contributed by atoms with Crippen molar-refractivity contribution in [3.05, 3.63) is 35.4 Å². The summed E-state index contributed by atoms with van der Waals surface area (Å²) in [5, 5.41) is 0. The quantitative estimate of drug-likeness (QED) is 0.588. The Labute approximate surface area is 73.1 Å². The summed E-state index contributed by atoms with van der Waals surface area (Å²) in [7, 11) is 1.81. The summed E-state index contributed by atoms with van der Waals surface area (Å²) in [4.78, 5) is 4.00. The Morgan fingerprint density at radius 3 is 2.92 bits per heavy atom. The molecule has 0 amide bonds. The van der Waals surface area contributed by atoms with Gasteiger partial charge in [-0.1, -0.05) is 18.2 Å². The van der Waals surface area contributed by atoms with E-state index in [1.807, 2.05) is 13.3 Å². The zero-order chi connectivity index (χ0) is 8.39. The summed E-state index contributed by atoms with van der Waals surface area (Å²) < 4.78 is 0. The number of hydrogen-bond donors (Lipinski definition) is 0. The maximum absolute atomic E-state index is 4.00. The van der Waals surface area contributed by atoms with Crippen LogP contribution in [0.25, 0.3) is 0 Å². The number of nitrogens with zero attached hydrogens (tertiary/aromatic N) is 1. The lowest BCUT2D eigenvalue weighted by atomic mass is 10.1. The standard InChI is InChI=1S/C11H13N/c1-12-8-9-3-2-4-11(7-9)10-5-6-10/h2-4,7-8,10H,5-6H2,1H3. The molecule has 0 N–H and O–H groups in total. The summed E-state index contributed by atoms with van der Waals surface area (Å²) in [6, 6.07) is 8.67. The molecule has 0 spiro atoms. The van der Waals surface area contributed by atoms with Gasteiger partial charge in [0.25, 0.3) is 0 Å². The molecule has 1 aromatic rings. The summed E-state index contributed by atoms with van der Waals surface area (Å²) in [6.07, 6.45) is 4.64. The van der Waals surface area contributed by atoms with Gasteiger partial charge in [-0.3, -0.25) is 4.99 Å². The van der Waals surface area contributed by atoms with Crippen LogP contribution in [0.3, 0.4) is 0 Å². The lowest BCUT2D eigenvalue weighted by Crippen LogP contribution is -1.84. The summed E-state index contributed by atoms with van der Waals surface area (Å²) >= 11 is 0. The Hall–Kier alpha value is -1.11. The molecule has 0 saturated heterocycles. The van der Waals surface area contributed by atoms with Crippen LogP contribution in [0.2, 0.25) is 0 Å². The lowest BCUT2D eigenvalue weighted by molar-refractivity contribution is 1.13. The van der Waals surface area contributed by atoms with Gasteiger partial charge in [0, 0.05) is 13.3 Å². The first-order chi connectivity index (χ1) is 5.90. The largest absolute Gasteiger partial charge is 0.296 e. The van der Waals surface area contributed by atoms with E-state index >= 15 is 0 Å². The number of hydrogen-bond acceptors (Lipinski definition) is 1. The Kier molecular flexibility index (Phi) is 1.94. The van der Waals surface area contributed by atoms with Gasteiger partial charge in [0.1, 0.15) is 0 Å². The molecule has 0 atom stereocenters. The van der Waals surface area contributed by atoms with Gasteiger partial charge in [-0.25, -0.2) is 0 Å². The van der Waals surface area contributed by atoms with E-state index in [0.717, 1.165) is 5.92 Å². The van der Waals surface area contributed by atoms with Crippen molar-refractivity contribution in [2.45, 2.75) is 18.8 Å². The van der Waals surface area contributed by atoms with Gasteiger partial charge in [-0.15, -0.1) is 0 Å². The molecule has 1 aromatic carbocycles. The summed E-state index contributed by atoms with van der Waals surface area (Å²) in [5.41, 5.74) is 2.70. The smallest absolute Gasteiger partial charge is 0.0281 e. The van der Waals surface area contributed by atoms with Crippen LogP contribution in [-0.2, 0) is 0 Å². The van der Waals surface area contributed by atoms with Crippen molar-refractivity contribution in [3.8, 4) is 0 Å². The van der Waals surface area contributed by atoms with Crippen LogP contribution >= 0.6 is 0 Å². The highest BCUT2D eigenvalue weighted by atomic mass is 14.6. The van der Waals surface area contributed by atoms with Crippen LogP contribution in [0, 0.1) is 0 Å². The highest BCUT2D eigenvalue weighted by Gasteiger charge is 2.22. The van der Waals surface area contributed by atoms with E-state index in [4.69, 9.17) is 0 Å². The Morgan fingerprint density at radius 2 is 2.25 bits per heavy atom. The topological polar surface area (TPSA) is 12.4 Å². The van der Waals surface area contributed by atoms with E-state index in [-0.39, 0.29) is 0 Å². The fraction of sp³-hybridized carbons (Fsp3) is 0.364. The van der Waals surface area contributed by atoms with Crippen LogP contribution in [-0.4, -0.2) is 13.3 Å². The van der Waals surface area contributed by atoms with Gasteiger partial charge < -0.3 is 0 Å². The van der Waals surface area contributed by atoms with E-state index in [2.05, 4.69) is 29.3 Å². The van der Waals surface area contributed by atoms with Gasteiger partial charge in [-0.05, 0) is 36.0 Å². The second-order valence-electron chi connectivity index (χ2n) is 3.33. The molecule has 1 aliphatic carbocycles. The third-order valence-corrected chi connectivity index (χ3v) is 2.24. The van der Waals surface area contributed by atoms with E-state index in [9.17, 15) is 0 Å². The molecule has 0 aromatic heterocycles. The van der Waals surface area contributed by atoms with Crippen molar-refractivity contribution in [1.82, 2.24) is 0 Å². The van der Waals surface area contributed by atoms with Crippen LogP contribution in [0.5, 0.6) is 0 Å². The first kappa shape index (κ1) is 7.53. The Bertz CT molecular complexity index is 298. The first-order valence-electron chi connectivity index (χ1n) is 4.42. The molecule has 0 unspecified atom stereocenters. The molecule has 1 heteroatoms. The highest BCUT2D eigenvalue weighted by molar-refractivity contribution is 5.79. The van der Waals surface area contributed by atoms with Crippen molar-refractivity contribution >= 4 is 6.21 Å². The van der Waals surface area contributed by atoms with Crippen LogP contribution < -0.4 is 0 Å². The number of rotatable bonds is 2. The van der Waals surface area contributed by atoms with Crippen LogP contribution in [0.1, 0.15) is 29.9 Å². The Morgan fingerprint density at radius 1 is 1.42 bits per heavy atom. The van der Waals surface area contributed by atoms with Crippen LogP contribution in [0.15, 0.2) is 29.3 Å². The van der Waals surface area contributed by atoms with E-state index < -0.39 is 0 Å². The van der Waals surface area contributed by atoms with Crippen molar-refractivity contribution < 1.29 is 0 Å². The monoisotopic (exact) mass is 159 g/mol. The third-order valence-electron chi connectivity index (χ3n) is 2.24. The number of aliphatic imine (C=N–C) groups is 1. The van der Waals surface area contributed by atoms with Crippen molar-refractivity contribution in [2.24, 2.45) is 4.99 Å². The number of benzene rings is 1. The molecule has 0 aliphatic heterocycles. The zero-order valence-corrected chi connectivity index (χ0v) is 7.33. The fourth-order valence-corrected chi connectivity index (χ4v) is 1.46. The first-order valence-corrected chi connectivity index (χ1v) is 4.42. The molecule has 0 bridgehead atoms. The average Bonchev–Trinajstić information content (AvgIpc) is 2.88. The molecule has 0 radical (unpaired) electrons. The third kappa shape index (κ3) is 1.55. The lowest BCUT2D eigenvalue weighted by Gasteiger charge is -1.98. The van der Waals surface area contributed by atoms with Crippen molar-refractivity contribution in [2.75, 3.05) is 7.05 Å². The molecular formula is C11H13N. The van der Waals surface area contributed by atoms with Crippen molar-refractivity contribution in [1.29, 1.82) is 0 Å².